The second kappa shape index (κ2) is 5.99. The Labute approximate surface area is 126 Å². The van der Waals surface area contributed by atoms with Crippen LogP contribution < -0.4 is 11.3 Å². The molecule has 0 radical (unpaired) electrons. The molecule has 0 fully saturated rings. The maximum absolute atomic E-state index is 5.79. The van der Waals surface area contributed by atoms with E-state index in [1.807, 2.05) is 24.6 Å². The number of nitrogens with one attached hydrogen (secondary N) is 1. The highest BCUT2D eigenvalue weighted by atomic mass is 79.9. The minimum atomic E-state index is -0.191. The third-order valence-electron chi connectivity index (χ3n) is 3.17. The monoisotopic (exact) mass is 338 g/mol. The second-order valence-corrected chi connectivity index (χ2v) is 5.90. The Hall–Kier alpha value is -1.31. The Morgan fingerprint density at radius 3 is 2.60 bits per heavy atom. The van der Waals surface area contributed by atoms with Crippen LogP contribution in [0, 0.1) is 13.8 Å². The summed E-state index contributed by atoms with van der Waals surface area (Å²) in [7, 11) is 0. The van der Waals surface area contributed by atoms with Crippen LogP contribution in [0.25, 0.3) is 0 Å². The molecule has 3 N–H and O–H groups in total. The molecule has 0 spiro atoms. The lowest BCUT2D eigenvalue weighted by molar-refractivity contribution is 0.473. The van der Waals surface area contributed by atoms with E-state index in [1.54, 1.807) is 6.20 Å². The van der Waals surface area contributed by atoms with Gasteiger partial charge in [0.05, 0.1) is 33.8 Å². The molecule has 0 aliphatic rings. The van der Waals surface area contributed by atoms with Crippen LogP contribution in [-0.2, 0) is 0 Å². The highest BCUT2D eigenvalue weighted by Crippen LogP contribution is 2.31. The molecule has 2 rings (SSSR count). The Morgan fingerprint density at radius 2 is 2.00 bits per heavy atom. The van der Waals surface area contributed by atoms with E-state index < -0.39 is 0 Å². The molecule has 2 aromatic rings. The van der Waals surface area contributed by atoms with Gasteiger partial charge in [-0.3, -0.25) is 10.5 Å². The van der Waals surface area contributed by atoms with Gasteiger partial charge in [0.15, 0.2) is 0 Å². The number of aryl methyl sites for hydroxylation is 2. The summed E-state index contributed by atoms with van der Waals surface area (Å²) < 4.78 is 2.87. The summed E-state index contributed by atoms with van der Waals surface area (Å²) in [6, 6.07) is 2.04. The van der Waals surface area contributed by atoms with Crippen molar-refractivity contribution >= 4 is 15.9 Å². The number of halogens is 1. The molecule has 2 heterocycles. The molecule has 108 valence electrons. The van der Waals surface area contributed by atoms with E-state index in [9.17, 15) is 0 Å². The van der Waals surface area contributed by atoms with Crippen molar-refractivity contribution in [2.45, 2.75) is 39.8 Å². The maximum atomic E-state index is 5.79. The molecule has 1 unspecified atom stereocenters. The molecule has 0 aliphatic carbocycles. The molecule has 6 nitrogen and oxygen atoms in total. The van der Waals surface area contributed by atoms with Crippen molar-refractivity contribution in [2.24, 2.45) is 5.84 Å². The number of aromatic nitrogens is 4. The van der Waals surface area contributed by atoms with Gasteiger partial charge in [-0.2, -0.15) is 15.3 Å². The van der Waals surface area contributed by atoms with Gasteiger partial charge in [-0.25, -0.2) is 5.43 Å². The first kappa shape index (κ1) is 15.1. The van der Waals surface area contributed by atoms with Crippen molar-refractivity contribution < 1.29 is 0 Å². The van der Waals surface area contributed by atoms with Crippen molar-refractivity contribution in [2.75, 3.05) is 0 Å². The fourth-order valence-corrected chi connectivity index (χ4v) is 2.71. The summed E-state index contributed by atoms with van der Waals surface area (Å²) in [5.41, 5.74) is 6.56. The van der Waals surface area contributed by atoms with Gasteiger partial charge in [-0.15, -0.1) is 0 Å². The van der Waals surface area contributed by atoms with Gasteiger partial charge in [0.2, 0.25) is 0 Å². The van der Waals surface area contributed by atoms with Crippen LogP contribution in [0.4, 0.5) is 0 Å². The normalized spacial score (nSPS) is 12.9. The van der Waals surface area contributed by atoms with Crippen LogP contribution in [0.3, 0.4) is 0 Å². The molecule has 0 aliphatic heterocycles. The lowest BCUT2D eigenvalue weighted by Crippen LogP contribution is -2.32. The van der Waals surface area contributed by atoms with E-state index >= 15 is 0 Å². The quantitative estimate of drug-likeness (QED) is 0.659. The van der Waals surface area contributed by atoms with Gasteiger partial charge in [0, 0.05) is 11.6 Å². The Bertz CT molecular complexity index is 607. The number of nitrogens with zero attached hydrogens (tertiary/aromatic N) is 4. The van der Waals surface area contributed by atoms with Crippen LogP contribution in [-0.4, -0.2) is 20.0 Å². The first-order valence-electron chi connectivity index (χ1n) is 6.45. The van der Waals surface area contributed by atoms with E-state index in [-0.39, 0.29) is 12.1 Å². The zero-order chi connectivity index (χ0) is 14.9. The zero-order valence-corrected chi connectivity index (χ0v) is 13.6. The van der Waals surface area contributed by atoms with E-state index in [1.165, 1.54) is 0 Å². The lowest BCUT2D eigenvalue weighted by Gasteiger charge is -2.21. The topological polar surface area (TPSA) is 81.6 Å². The van der Waals surface area contributed by atoms with Crippen LogP contribution in [0.5, 0.6) is 0 Å². The Kier molecular flexibility index (Phi) is 4.52. The number of rotatable bonds is 4. The Balaban J connectivity index is 2.58. The van der Waals surface area contributed by atoms with Gasteiger partial charge in [0.1, 0.15) is 0 Å². The summed E-state index contributed by atoms with van der Waals surface area (Å²) in [5.74, 6) is 5.79. The number of hydrogen-bond acceptors (Lipinski definition) is 5. The largest absolute Gasteiger partial charge is 0.271 e. The molecule has 7 heteroatoms. The first-order chi connectivity index (χ1) is 9.45. The molecule has 0 saturated carbocycles. The smallest absolute Gasteiger partial charge is 0.0908 e. The third-order valence-corrected chi connectivity index (χ3v) is 3.78. The standard InChI is InChI=1S/C13H19BrN6/c1-7(2)20-13(11(14)6-16-20)12(17-15)10-5-8(3)18-19-9(10)4/h5-7,12,17H,15H2,1-4H3. The van der Waals surface area contributed by atoms with Crippen molar-refractivity contribution in [3.05, 3.63) is 39.4 Å². The predicted molar refractivity (Wildman–Crippen MR) is 81.0 cm³/mol. The van der Waals surface area contributed by atoms with Crippen LogP contribution in [0.1, 0.15) is 48.6 Å². The second-order valence-electron chi connectivity index (χ2n) is 5.04. The van der Waals surface area contributed by atoms with Crippen LogP contribution >= 0.6 is 15.9 Å². The number of hydrogen-bond donors (Lipinski definition) is 2. The fourth-order valence-electron chi connectivity index (χ4n) is 2.21. The Morgan fingerprint density at radius 1 is 1.30 bits per heavy atom. The third kappa shape index (κ3) is 2.74. The maximum Gasteiger partial charge on any atom is 0.0908 e. The molecule has 20 heavy (non-hydrogen) atoms. The summed E-state index contributed by atoms with van der Waals surface area (Å²) >= 11 is 3.55. The minimum Gasteiger partial charge on any atom is -0.271 e. The molecule has 0 aromatic carbocycles. The molecule has 1 atom stereocenters. The molecule has 0 saturated heterocycles. The fraction of sp³-hybridized carbons (Fsp3) is 0.462. The van der Waals surface area contributed by atoms with Crippen LogP contribution in [0.15, 0.2) is 16.7 Å². The van der Waals surface area contributed by atoms with Crippen LogP contribution in [0.2, 0.25) is 0 Å². The molecular formula is C13H19BrN6. The summed E-state index contributed by atoms with van der Waals surface area (Å²) in [5, 5.41) is 12.6. The average Bonchev–Trinajstić information content (AvgIpc) is 2.77. The summed E-state index contributed by atoms with van der Waals surface area (Å²) in [6.07, 6.45) is 1.79. The SMILES string of the molecule is Cc1cc(C(NN)c2c(Br)cnn2C(C)C)c(C)nn1. The highest BCUT2D eigenvalue weighted by molar-refractivity contribution is 9.10. The van der Waals surface area contributed by atoms with E-state index in [4.69, 9.17) is 5.84 Å². The number of nitrogens with two attached hydrogens (primary N) is 1. The predicted octanol–water partition coefficient (Wildman–Crippen LogP) is 2.19. The van der Waals surface area contributed by atoms with Gasteiger partial charge in [-0.05, 0) is 49.7 Å². The molecule has 0 bridgehead atoms. The molecule has 2 aromatic heterocycles. The van der Waals surface area contributed by atoms with Crippen molar-refractivity contribution in [1.82, 2.24) is 25.4 Å². The van der Waals surface area contributed by atoms with Crippen molar-refractivity contribution in [3.8, 4) is 0 Å². The molecular weight excluding hydrogens is 320 g/mol. The van der Waals surface area contributed by atoms with E-state index in [0.717, 1.165) is 27.1 Å². The van der Waals surface area contributed by atoms with E-state index in [0.29, 0.717) is 0 Å². The number of hydrazine groups is 1. The summed E-state index contributed by atoms with van der Waals surface area (Å²) in [6.45, 7) is 8.01. The summed E-state index contributed by atoms with van der Waals surface area (Å²) in [4.78, 5) is 0. The lowest BCUT2D eigenvalue weighted by atomic mass is 10.0. The van der Waals surface area contributed by atoms with Gasteiger partial charge in [-0.1, -0.05) is 0 Å². The van der Waals surface area contributed by atoms with Gasteiger partial charge < -0.3 is 0 Å². The van der Waals surface area contributed by atoms with Gasteiger partial charge >= 0.3 is 0 Å². The highest BCUT2D eigenvalue weighted by Gasteiger charge is 2.24. The first-order valence-corrected chi connectivity index (χ1v) is 7.24. The average molecular weight is 339 g/mol. The molecule has 0 amide bonds. The minimum absolute atomic E-state index is 0.191. The van der Waals surface area contributed by atoms with Crippen molar-refractivity contribution in [3.63, 3.8) is 0 Å². The van der Waals surface area contributed by atoms with Gasteiger partial charge in [0.25, 0.3) is 0 Å². The van der Waals surface area contributed by atoms with Crippen molar-refractivity contribution in [1.29, 1.82) is 0 Å². The zero-order valence-electron chi connectivity index (χ0n) is 12.1. The van der Waals surface area contributed by atoms with E-state index in [2.05, 4.69) is 50.5 Å².